The molecule has 1 fully saturated rings. The van der Waals surface area contributed by atoms with Gasteiger partial charge in [0.15, 0.2) is 0 Å². The fraction of sp³-hybridized carbons (Fsp3) is 0.318. The van der Waals surface area contributed by atoms with Crippen LogP contribution >= 0.6 is 0 Å². The molecule has 0 radical (unpaired) electrons. The van der Waals surface area contributed by atoms with Crippen molar-refractivity contribution in [1.29, 1.82) is 0 Å². The smallest absolute Gasteiger partial charge is 0.252 e. The normalized spacial score (nSPS) is 15.8. The van der Waals surface area contributed by atoms with Gasteiger partial charge in [-0.15, -0.1) is 0 Å². The van der Waals surface area contributed by atoms with Gasteiger partial charge in [0.05, 0.1) is 26.3 Å². The number of imide groups is 1. The third kappa shape index (κ3) is 4.89. The minimum absolute atomic E-state index is 0.0644. The Morgan fingerprint density at radius 2 is 1.83 bits per heavy atom. The topological polar surface area (TPSA) is 97.0 Å². The Balaban J connectivity index is 1.67. The van der Waals surface area contributed by atoms with Crippen molar-refractivity contribution in [2.75, 3.05) is 31.4 Å². The van der Waals surface area contributed by atoms with Crippen LogP contribution in [0.5, 0.6) is 11.5 Å². The number of anilines is 2. The quantitative estimate of drug-likeness (QED) is 0.648. The van der Waals surface area contributed by atoms with Crippen molar-refractivity contribution in [3.8, 4) is 11.5 Å². The Bertz CT molecular complexity index is 942. The molecule has 0 spiro atoms. The molecule has 30 heavy (non-hydrogen) atoms. The number of methoxy groups -OCH3 is 2. The highest BCUT2D eigenvalue weighted by Gasteiger charge is 2.38. The lowest BCUT2D eigenvalue weighted by molar-refractivity contribution is -0.138. The summed E-state index contributed by atoms with van der Waals surface area (Å²) in [7, 11) is 3.12. The third-order valence-electron chi connectivity index (χ3n) is 4.88. The van der Waals surface area contributed by atoms with Crippen LogP contribution in [-0.4, -0.2) is 49.4 Å². The second-order valence-corrected chi connectivity index (χ2v) is 6.98. The zero-order valence-electron chi connectivity index (χ0n) is 17.2. The number of nitrogens with zero attached hydrogens (tertiary/aromatic N) is 1. The Labute approximate surface area is 175 Å². The molecule has 1 saturated heterocycles. The molecule has 8 nitrogen and oxygen atoms in total. The number of hydrogen-bond donors (Lipinski definition) is 2. The first-order chi connectivity index (χ1) is 14.4. The van der Waals surface area contributed by atoms with Crippen molar-refractivity contribution in [2.24, 2.45) is 0 Å². The minimum Gasteiger partial charge on any atom is -0.497 e. The maximum Gasteiger partial charge on any atom is 0.252 e. The van der Waals surface area contributed by atoms with E-state index in [2.05, 4.69) is 10.6 Å². The molecule has 0 unspecified atom stereocenters. The van der Waals surface area contributed by atoms with Gasteiger partial charge in [0.2, 0.25) is 11.8 Å². The first-order valence-electron chi connectivity index (χ1n) is 9.60. The van der Waals surface area contributed by atoms with Gasteiger partial charge in [0.25, 0.3) is 5.91 Å². The number of nitrogens with one attached hydrogen (secondary N) is 2. The zero-order chi connectivity index (χ0) is 21.7. The summed E-state index contributed by atoms with van der Waals surface area (Å²) in [6, 6.07) is 11.9. The molecular formula is C22H25N3O5. The largest absolute Gasteiger partial charge is 0.497 e. The van der Waals surface area contributed by atoms with Crippen LogP contribution < -0.4 is 20.1 Å². The van der Waals surface area contributed by atoms with Crippen LogP contribution in [0.1, 0.15) is 18.9 Å². The molecule has 0 bridgehead atoms. The van der Waals surface area contributed by atoms with Crippen LogP contribution in [0.15, 0.2) is 42.5 Å². The van der Waals surface area contributed by atoms with Gasteiger partial charge in [-0.05, 0) is 42.3 Å². The molecule has 1 atom stereocenters. The van der Waals surface area contributed by atoms with Crippen LogP contribution in [0.25, 0.3) is 0 Å². The predicted molar refractivity (Wildman–Crippen MR) is 113 cm³/mol. The van der Waals surface area contributed by atoms with E-state index in [4.69, 9.17) is 9.47 Å². The number of carbonyl (C=O) groups is 3. The first-order valence-corrected chi connectivity index (χ1v) is 9.60. The van der Waals surface area contributed by atoms with E-state index in [0.717, 1.165) is 11.3 Å². The highest BCUT2D eigenvalue weighted by atomic mass is 16.5. The number of rotatable bonds is 8. The molecule has 0 saturated carbocycles. The molecule has 158 valence electrons. The summed E-state index contributed by atoms with van der Waals surface area (Å²) in [5.74, 6) is 0.569. The zero-order valence-corrected chi connectivity index (χ0v) is 17.2. The Kier molecular flexibility index (Phi) is 6.56. The summed E-state index contributed by atoms with van der Waals surface area (Å²) in [5, 5.41) is 5.78. The van der Waals surface area contributed by atoms with E-state index in [9.17, 15) is 14.4 Å². The standard InChI is InChI=1S/C22H25N3O5/c1-14(26)23-16-6-9-20(30-3)18(12-16)24-19-13-21(27)25(22(19)28)11-10-15-4-7-17(29-2)8-5-15/h4-9,12,19,24H,10-11,13H2,1-3H3,(H,23,26)/t19-/m0/s1. The van der Waals surface area contributed by atoms with Crippen molar-refractivity contribution in [2.45, 2.75) is 25.8 Å². The molecule has 2 aromatic rings. The van der Waals surface area contributed by atoms with Crippen LogP contribution in [0, 0.1) is 0 Å². The molecule has 1 heterocycles. The summed E-state index contributed by atoms with van der Waals surface area (Å²) in [4.78, 5) is 37.8. The number of amides is 3. The molecule has 0 aromatic heterocycles. The van der Waals surface area contributed by atoms with Gasteiger partial charge in [-0.2, -0.15) is 0 Å². The predicted octanol–water partition coefficient (Wildman–Crippen LogP) is 2.44. The SMILES string of the molecule is COc1ccc(CCN2C(=O)C[C@H](Nc3cc(NC(C)=O)ccc3OC)C2=O)cc1. The summed E-state index contributed by atoms with van der Waals surface area (Å²) < 4.78 is 10.5. The molecule has 2 aromatic carbocycles. The molecule has 0 aliphatic carbocycles. The highest BCUT2D eigenvalue weighted by molar-refractivity contribution is 6.07. The molecular weight excluding hydrogens is 386 g/mol. The van der Waals surface area contributed by atoms with Crippen molar-refractivity contribution < 1.29 is 23.9 Å². The maximum absolute atomic E-state index is 12.8. The van der Waals surface area contributed by atoms with Crippen LogP contribution in [0.2, 0.25) is 0 Å². The Hall–Kier alpha value is -3.55. The summed E-state index contributed by atoms with van der Waals surface area (Å²) in [6.07, 6.45) is 0.629. The van der Waals surface area contributed by atoms with E-state index in [-0.39, 0.29) is 24.1 Å². The molecule has 3 amide bonds. The van der Waals surface area contributed by atoms with E-state index < -0.39 is 6.04 Å². The van der Waals surface area contributed by atoms with Gasteiger partial charge in [-0.3, -0.25) is 19.3 Å². The lowest BCUT2D eigenvalue weighted by Crippen LogP contribution is -2.36. The van der Waals surface area contributed by atoms with Gasteiger partial charge in [0.1, 0.15) is 17.5 Å². The third-order valence-corrected chi connectivity index (χ3v) is 4.88. The van der Waals surface area contributed by atoms with Gasteiger partial charge in [-0.1, -0.05) is 12.1 Å². The Morgan fingerprint density at radius 1 is 1.10 bits per heavy atom. The minimum atomic E-state index is -0.685. The fourth-order valence-electron chi connectivity index (χ4n) is 3.35. The number of hydrogen-bond acceptors (Lipinski definition) is 6. The van der Waals surface area contributed by atoms with Gasteiger partial charge >= 0.3 is 0 Å². The van der Waals surface area contributed by atoms with E-state index >= 15 is 0 Å². The van der Waals surface area contributed by atoms with E-state index in [1.54, 1.807) is 25.3 Å². The molecule has 2 N–H and O–H groups in total. The van der Waals surface area contributed by atoms with E-state index in [0.29, 0.717) is 30.1 Å². The molecule has 3 rings (SSSR count). The van der Waals surface area contributed by atoms with Crippen molar-refractivity contribution >= 4 is 29.1 Å². The van der Waals surface area contributed by atoms with Crippen LogP contribution in [0.3, 0.4) is 0 Å². The molecule has 8 heteroatoms. The summed E-state index contributed by atoms with van der Waals surface area (Å²) >= 11 is 0. The number of carbonyl (C=O) groups excluding carboxylic acids is 3. The summed E-state index contributed by atoms with van der Waals surface area (Å²) in [6.45, 7) is 1.72. The second kappa shape index (κ2) is 9.30. The second-order valence-electron chi connectivity index (χ2n) is 6.98. The van der Waals surface area contributed by atoms with Gasteiger partial charge in [0, 0.05) is 19.2 Å². The lowest BCUT2D eigenvalue weighted by atomic mass is 10.1. The van der Waals surface area contributed by atoms with Crippen LogP contribution in [-0.2, 0) is 20.8 Å². The molecule has 1 aliphatic heterocycles. The molecule has 1 aliphatic rings. The maximum atomic E-state index is 12.8. The number of benzene rings is 2. The van der Waals surface area contributed by atoms with Crippen molar-refractivity contribution in [3.05, 3.63) is 48.0 Å². The van der Waals surface area contributed by atoms with Gasteiger partial charge in [-0.25, -0.2) is 0 Å². The van der Waals surface area contributed by atoms with E-state index in [1.807, 2.05) is 24.3 Å². The van der Waals surface area contributed by atoms with Crippen LogP contribution in [0.4, 0.5) is 11.4 Å². The average Bonchev–Trinajstić information content (AvgIpc) is 2.99. The highest BCUT2D eigenvalue weighted by Crippen LogP contribution is 2.30. The summed E-state index contributed by atoms with van der Waals surface area (Å²) in [5.41, 5.74) is 2.11. The van der Waals surface area contributed by atoms with Crippen molar-refractivity contribution in [3.63, 3.8) is 0 Å². The van der Waals surface area contributed by atoms with Gasteiger partial charge < -0.3 is 20.1 Å². The fourth-order valence-corrected chi connectivity index (χ4v) is 3.35. The Morgan fingerprint density at radius 3 is 2.47 bits per heavy atom. The average molecular weight is 411 g/mol. The van der Waals surface area contributed by atoms with E-state index in [1.165, 1.54) is 18.9 Å². The van der Waals surface area contributed by atoms with Crippen molar-refractivity contribution in [1.82, 2.24) is 4.90 Å². The first kappa shape index (κ1) is 21.2. The monoisotopic (exact) mass is 411 g/mol. The number of likely N-dealkylation sites (tertiary alicyclic amines) is 1. The number of ether oxygens (including phenoxy) is 2. The lowest BCUT2D eigenvalue weighted by Gasteiger charge is -2.18.